The maximum absolute atomic E-state index is 6.11. The van der Waals surface area contributed by atoms with Gasteiger partial charge in [-0.15, -0.1) is 0 Å². The normalized spacial score (nSPS) is 13.9. The van der Waals surface area contributed by atoms with Gasteiger partial charge in [0, 0.05) is 25.5 Å². The van der Waals surface area contributed by atoms with Crippen molar-refractivity contribution in [2.45, 2.75) is 38.8 Å². The summed E-state index contributed by atoms with van der Waals surface area (Å²) >= 11 is 0. The largest absolute Gasteiger partial charge is 0.379 e. The Morgan fingerprint density at radius 1 is 1.47 bits per heavy atom. The molecule has 0 amide bonds. The smallest absolute Gasteiger partial charge is 0.0640 e. The van der Waals surface area contributed by atoms with Crippen LogP contribution in [0.5, 0.6) is 0 Å². The van der Waals surface area contributed by atoms with Crippen LogP contribution in [0.2, 0.25) is 0 Å². The Morgan fingerprint density at radius 3 is 2.67 bits per heavy atom. The molecule has 0 spiro atoms. The van der Waals surface area contributed by atoms with Crippen molar-refractivity contribution < 1.29 is 4.74 Å². The number of methoxy groups -OCH3 is 1. The molecule has 0 saturated carbocycles. The number of pyridine rings is 1. The Labute approximate surface area is 91.7 Å². The number of ether oxygens (including phenoxy) is 1. The van der Waals surface area contributed by atoms with Gasteiger partial charge in [-0.05, 0) is 38.3 Å². The highest BCUT2D eigenvalue weighted by Crippen LogP contribution is 2.23. The summed E-state index contributed by atoms with van der Waals surface area (Å²) in [6.07, 6.45) is 4.44. The van der Waals surface area contributed by atoms with E-state index < -0.39 is 0 Å². The number of rotatable bonds is 4. The lowest BCUT2D eigenvalue weighted by Gasteiger charge is -2.26. The molecule has 2 N–H and O–H groups in total. The first-order chi connectivity index (χ1) is 6.94. The van der Waals surface area contributed by atoms with Crippen LogP contribution in [0.3, 0.4) is 0 Å². The number of hydrogen-bond donors (Lipinski definition) is 1. The predicted octanol–water partition coefficient (Wildman–Crippen LogP) is 2.20. The summed E-state index contributed by atoms with van der Waals surface area (Å²) in [4.78, 5) is 4.14. The Hall–Kier alpha value is -0.930. The van der Waals surface area contributed by atoms with Crippen LogP contribution in [0.1, 0.15) is 37.4 Å². The van der Waals surface area contributed by atoms with Gasteiger partial charge < -0.3 is 10.5 Å². The van der Waals surface area contributed by atoms with E-state index >= 15 is 0 Å². The average molecular weight is 208 g/mol. The molecule has 1 rings (SSSR count). The van der Waals surface area contributed by atoms with Crippen molar-refractivity contribution >= 4 is 0 Å². The van der Waals surface area contributed by atoms with E-state index in [1.54, 1.807) is 7.11 Å². The van der Waals surface area contributed by atoms with E-state index in [4.69, 9.17) is 10.5 Å². The molecule has 0 aliphatic heterocycles. The van der Waals surface area contributed by atoms with Crippen LogP contribution < -0.4 is 5.73 Å². The summed E-state index contributed by atoms with van der Waals surface area (Å²) in [5, 5.41) is 0. The quantitative estimate of drug-likeness (QED) is 0.825. The minimum atomic E-state index is -0.191. The van der Waals surface area contributed by atoms with Crippen molar-refractivity contribution in [1.82, 2.24) is 4.98 Å². The zero-order valence-electron chi connectivity index (χ0n) is 9.95. The van der Waals surface area contributed by atoms with Crippen LogP contribution >= 0.6 is 0 Å². The van der Waals surface area contributed by atoms with Crippen molar-refractivity contribution in [3.8, 4) is 0 Å². The summed E-state index contributed by atoms with van der Waals surface area (Å²) in [5.41, 5.74) is 8.12. The molecule has 1 heterocycles. The van der Waals surface area contributed by atoms with E-state index in [1.807, 2.05) is 33.2 Å². The third kappa shape index (κ3) is 3.61. The predicted molar refractivity (Wildman–Crippen MR) is 61.6 cm³/mol. The molecular formula is C12H20N2O. The summed E-state index contributed by atoms with van der Waals surface area (Å²) in [6, 6.07) is 2.05. The lowest BCUT2D eigenvalue weighted by molar-refractivity contribution is 0.00993. The van der Waals surface area contributed by atoms with E-state index in [-0.39, 0.29) is 11.6 Å². The van der Waals surface area contributed by atoms with Gasteiger partial charge in [0.15, 0.2) is 0 Å². The van der Waals surface area contributed by atoms with Gasteiger partial charge in [-0.25, -0.2) is 0 Å². The van der Waals surface area contributed by atoms with Crippen molar-refractivity contribution in [2.75, 3.05) is 7.11 Å². The number of nitrogens with zero attached hydrogens (tertiary/aromatic N) is 1. The Bertz CT molecular complexity index is 323. The molecule has 0 aliphatic rings. The molecule has 0 saturated heterocycles. The van der Waals surface area contributed by atoms with E-state index in [9.17, 15) is 0 Å². The number of aryl methyl sites for hydroxylation is 1. The second-order valence-electron chi connectivity index (χ2n) is 4.57. The summed E-state index contributed by atoms with van der Waals surface area (Å²) < 4.78 is 5.36. The standard InChI is InChI=1S/C12H20N2O/c1-9-5-10(8-14-7-9)11(13)6-12(2,3)15-4/h5,7-8,11H,6,13H2,1-4H3. The summed E-state index contributed by atoms with van der Waals surface area (Å²) in [6.45, 7) is 6.09. The van der Waals surface area contributed by atoms with Crippen LogP contribution in [0.15, 0.2) is 18.5 Å². The minimum Gasteiger partial charge on any atom is -0.379 e. The van der Waals surface area contributed by atoms with Crippen LogP contribution in [0, 0.1) is 6.92 Å². The van der Waals surface area contributed by atoms with Crippen molar-refractivity contribution in [2.24, 2.45) is 5.73 Å². The molecular weight excluding hydrogens is 188 g/mol. The van der Waals surface area contributed by atoms with Crippen LogP contribution in [-0.4, -0.2) is 17.7 Å². The van der Waals surface area contributed by atoms with Gasteiger partial charge in [0.2, 0.25) is 0 Å². The van der Waals surface area contributed by atoms with Crippen molar-refractivity contribution in [3.05, 3.63) is 29.6 Å². The molecule has 1 aromatic rings. The zero-order chi connectivity index (χ0) is 11.5. The van der Waals surface area contributed by atoms with E-state index in [1.165, 1.54) is 0 Å². The third-order valence-electron chi connectivity index (χ3n) is 2.59. The number of nitrogens with two attached hydrogens (primary N) is 1. The molecule has 1 aromatic heterocycles. The first kappa shape index (κ1) is 12.1. The fourth-order valence-electron chi connectivity index (χ4n) is 1.51. The average Bonchev–Trinajstić information content (AvgIpc) is 2.17. The van der Waals surface area contributed by atoms with E-state index in [0.717, 1.165) is 17.5 Å². The van der Waals surface area contributed by atoms with Crippen LogP contribution in [0.4, 0.5) is 0 Å². The van der Waals surface area contributed by atoms with Gasteiger partial charge in [-0.2, -0.15) is 0 Å². The molecule has 1 atom stereocenters. The molecule has 15 heavy (non-hydrogen) atoms. The minimum absolute atomic E-state index is 0.0210. The fraction of sp³-hybridized carbons (Fsp3) is 0.583. The maximum atomic E-state index is 6.11. The molecule has 0 radical (unpaired) electrons. The monoisotopic (exact) mass is 208 g/mol. The van der Waals surface area contributed by atoms with Gasteiger partial charge in [0.1, 0.15) is 0 Å². The zero-order valence-corrected chi connectivity index (χ0v) is 9.95. The number of aromatic nitrogens is 1. The lowest BCUT2D eigenvalue weighted by Crippen LogP contribution is -2.28. The van der Waals surface area contributed by atoms with Crippen LogP contribution in [0.25, 0.3) is 0 Å². The van der Waals surface area contributed by atoms with Crippen molar-refractivity contribution in [1.29, 1.82) is 0 Å². The molecule has 0 bridgehead atoms. The Morgan fingerprint density at radius 2 is 2.13 bits per heavy atom. The van der Waals surface area contributed by atoms with Gasteiger partial charge >= 0.3 is 0 Å². The fourth-order valence-corrected chi connectivity index (χ4v) is 1.51. The highest BCUT2D eigenvalue weighted by atomic mass is 16.5. The third-order valence-corrected chi connectivity index (χ3v) is 2.59. The van der Waals surface area contributed by atoms with Gasteiger partial charge in [-0.3, -0.25) is 4.98 Å². The summed E-state index contributed by atoms with van der Waals surface area (Å²) in [5.74, 6) is 0. The number of hydrogen-bond acceptors (Lipinski definition) is 3. The first-order valence-electron chi connectivity index (χ1n) is 5.17. The second kappa shape index (κ2) is 4.73. The van der Waals surface area contributed by atoms with Gasteiger partial charge in [-0.1, -0.05) is 6.07 Å². The molecule has 3 heteroatoms. The van der Waals surface area contributed by atoms with Crippen molar-refractivity contribution in [3.63, 3.8) is 0 Å². The van der Waals surface area contributed by atoms with Gasteiger partial charge in [0.25, 0.3) is 0 Å². The van der Waals surface area contributed by atoms with Gasteiger partial charge in [0.05, 0.1) is 5.60 Å². The molecule has 0 aliphatic carbocycles. The molecule has 1 unspecified atom stereocenters. The second-order valence-corrected chi connectivity index (χ2v) is 4.57. The van der Waals surface area contributed by atoms with E-state index in [0.29, 0.717) is 0 Å². The SMILES string of the molecule is COC(C)(C)CC(N)c1cncc(C)c1. The Kier molecular flexibility index (Phi) is 3.83. The highest BCUT2D eigenvalue weighted by molar-refractivity contribution is 5.20. The molecule has 3 nitrogen and oxygen atoms in total. The molecule has 84 valence electrons. The molecule has 0 aromatic carbocycles. The molecule has 0 fully saturated rings. The first-order valence-corrected chi connectivity index (χ1v) is 5.17. The lowest BCUT2D eigenvalue weighted by atomic mass is 9.95. The Balaban J connectivity index is 2.73. The summed E-state index contributed by atoms with van der Waals surface area (Å²) in [7, 11) is 1.71. The topological polar surface area (TPSA) is 48.1 Å². The van der Waals surface area contributed by atoms with Crippen LogP contribution in [-0.2, 0) is 4.74 Å². The maximum Gasteiger partial charge on any atom is 0.0640 e. The van der Waals surface area contributed by atoms with E-state index in [2.05, 4.69) is 11.1 Å². The highest BCUT2D eigenvalue weighted by Gasteiger charge is 2.21.